The lowest BCUT2D eigenvalue weighted by Crippen LogP contribution is -2.21. The Balaban J connectivity index is 2.29. The molecule has 0 amide bonds. The molecule has 0 bridgehead atoms. The van der Waals surface area contributed by atoms with Gasteiger partial charge in [0.2, 0.25) is 0 Å². The van der Waals surface area contributed by atoms with Crippen molar-refractivity contribution >= 4 is 67.9 Å². The van der Waals surface area contributed by atoms with E-state index in [-0.39, 0.29) is 16.4 Å². The van der Waals surface area contributed by atoms with E-state index >= 15 is 0 Å². The molecule has 0 fully saturated rings. The van der Waals surface area contributed by atoms with Gasteiger partial charge in [0.1, 0.15) is 5.03 Å². The zero-order valence-corrected chi connectivity index (χ0v) is 19.6. The molecule has 0 spiro atoms. The van der Waals surface area contributed by atoms with Gasteiger partial charge < -0.3 is 9.47 Å². The van der Waals surface area contributed by atoms with Crippen molar-refractivity contribution in [1.29, 1.82) is 0 Å². The minimum absolute atomic E-state index is 0.0598. The van der Waals surface area contributed by atoms with Crippen LogP contribution < -0.4 is 0 Å². The number of halogens is 2. The summed E-state index contributed by atoms with van der Waals surface area (Å²) in [4.78, 5) is 24.8. The summed E-state index contributed by atoms with van der Waals surface area (Å²) >= 11 is 16.8. The summed E-state index contributed by atoms with van der Waals surface area (Å²) < 4.78 is 11.2. The SMILES string of the molecule is CC(C)P(=S)(SC1=C(Cl)C(=O)OC1OC(=O)c1ccccc1Br)C(C)C. The van der Waals surface area contributed by atoms with Crippen LogP contribution in [0, 0.1) is 0 Å². The van der Waals surface area contributed by atoms with Gasteiger partial charge in [-0.3, -0.25) is 0 Å². The summed E-state index contributed by atoms with van der Waals surface area (Å²) in [5.74, 6) is -1.31. The van der Waals surface area contributed by atoms with Gasteiger partial charge in [0.25, 0.3) is 6.29 Å². The fourth-order valence-corrected chi connectivity index (χ4v) is 8.88. The van der Waals surface area contributed by atoms with Gasteiger partial charge in [0.15, 0.2) is 0 Å². The Labute approximate surface area is 175 Å². The van der Waals surface area contributed by atoms with Crippen molar-refractivity contribution < 1.29 is 19.1 Å². The predicted octanol–water partition coefficient (Wildman–Crippen LogP) is 5.88. The first-order valence-corrected chi connectivity index (χ1v) is 13.5. The van der Waals surface area contributed by atoms with Gasteiger partial charge in [-0.2, -0.15) is 0 Å². The zero-order chi connectivity index (χ0) is 19.6. The van der Waals surface area contributed by atoms with Gasteiger partial charge in [-0.25, -0.2) is 9.59 Å². The van der Waals surface area contributed by atoms with Crippen LogP contribution in [0.5, 0.6) is 0 Å². The van der Waals surface area contributed by atoms with Crippen LogP contribution in [-0.4, -0.2) is 29.5 Å². The molecule has 0 radical (unpaired) electrons. The lowest BCUT2D eigenvalue weighted by atomic mass is 10.2. The Kier molecular flexibility index (Phi) is 7.42. The maximum absolute atomic E-state index is 12.5. The number of benzene rings is 1. The van der Waals surface area contributed by atoms with Crippen LogP contribution in [0.2, 0.25) is 0 Å². The Morgan fingerprint density at radius 2 is 1.88 bits per heavy atom. The van der Waals surface area contributed by atoms with Crippen LogP contribution >= 0.6 is 44.2 Å². The van der Waals surface area contributed by atoms with E-state index < -0.39 is 23.5 Å². The third-order valence-corrected chi connectivity index (χ3v) is 15.9. The van der Waals surface area contributed by atoms with Gasteiger partial charge >= 0.3 is 11.9 Å². The van der Waals surface area contributed by atoms with Crippen LogP contribution in [0.15, 0.2) is 38.7 Å². The quantitative estimate of drug-likeness (QED) is 0.361. The van der Waals surface area contributed by atoms with Crippen molar-refractivity contribution in [3.8, 4) is 0 Å². The second-order valence-corrected chi connectivity index (χ2v) is 16.3. The van der Waals surface area contributed by atoms with Crippen LogP contribution in [0.4, 0.5) is 0 Å². The van der Waals surface area contributed by atoms with Crippen molar-refractivity contribution in [1.82, 2.24) is 0 Å². The Morgan fingerprint density at radius 3 is 2.42 bits per heavy atom. The first kappa shape index (κ1) is 22.0. The van der Waals surface area contributed by atoms with Crippen molar-refractivity contribution in [2.45, 2.75) is 45.3 Å². The van der Waals surface area contributed by atoms with Gasteiger partial charge in [0, 0.05) is 9.71 Å². The molecule has 0 saturated heterocycles. The fraction of sp³-hybridized carbons (Fsp3) is 0.412. The van der Waals surface area contributed by atoms with E-state index in [1.165, 1.54) is 11.4 Å². The molecule has 0 aliphatic carbocycles. The average molecular weight is 498 g/mol. The van der Waals surface area contributed by atoms with Gasteiger partial charge in [-0.05, 0) is 39.4 Å². The van der Waals surface area contributed by atoms with E-state index in [1.54, 1.807) is 24.3 Å². The number of carbonyl (C=O) groups excluding carboxylic acids is 2. The highest BCUT2D eigenvalue weighted by Crippen LogP contribution is 2.70. The number of esters is 2. The first-order valence-electron chi connectivity index (χ1n) is 7.93. The second kappa shape index (κ2) is 8.78. The molecule has 1 aliphatic rings. The molecule has 2 rings (SSSR count). The largest absolute Gasteiger partial charge is 0.416 e. The van der Waals surface area contributed by atoms with Crippen molar-refractivity contribution in [3.63, 3.8) is 0 Å². The molecule has 1 atom stereocenters. The molecule has 1 aromatic carbocycles. The molecule has 0 aromatic heterocycles. The van der Waals surface area contributed by atoms with Gasteiger partial charge in [-0.15, -0.1) is 0 Å². The standard InChI is InChI=1S/C17H19BrClO4PS2/c1-9(2)24(25,10(3)4)26-14-13(19)16(21)23-17(14)22-15(20)11-7-5-6-8-12(11)18/h5-10,17H,1-4H3. The predicted molar refractivity (Wildman–Crippen MR) is 114 cm³/mol. The average Bonchev–Trinajstić information content (AvgIpc) is 2.82. The summed E-state index contributed by atoms with van der Waals surface area (Å²) in [5.41, 5.74) is 0.799. The molecule has 26 heavy (non-hydrogen) atoms. The number of ether oxygens (including phenoxy) is 2. The molecule has 1 heterocycles. The number of hydrogen-bond donors (Lipinski definition) is 0. The Hall–Kier alpha value is -0.330. The molecular weight excluding hydrogens is 479 g/mol. The molecule has 4 nitrogen and oxygen atoms in total. The van der Waals surface area contributed by atoms with Crippen LogP contribution in [0.3, 0.4) is 0 Å². The highest BCUT2D eigenvalue weighted by molar-refractivity contribution is 9.10. The van der Waals surface area contributed by atoms with Crippen LogP contribution in [0.1, 0.15) is 38.1 Å². The van der Waals surface area contributed by atoms with E-state index in [9.17, 15) is 9.59 Å². The number of cyclic esters (lactones) is 1. The number of hydrogen-bond acceptors (Lipinski definition) is 6. The highest BCUT2D eigenvalue weighted by Gasteiger charge is 2.41. The smallest absolute Gasteiger partial charge is 0.354 e. The van der Waals surface area contributed by atoms with E-state index in [1.807, 2.05) is 0 Å². The number of rotatable bonds is 6. The second-order valence-electron chi connectivity index (χ2n) is 6.22. The van der Waals surface area contributed by atoms with Gasteiger partial charge in [-0.1, -0.05) is 74.6 Å². The third kappa shape index (κ3) is 4.56. The lowest BCUT2D eigenvalue weighted by molar-refractivity contribution is -0.151. The molecule has 1 aromatic rings. The summed E-state index contributed by atoms with van der Waals surface area (Å²) in [6.45, 7) is 8.23. The van der Waals surface area contributed by atoms with Crippen molar-refractivity contribution in [2.24, 2.45) is 0 Å². The minimum Gasteiger partial charge on any atom is -0.416 e. The van der Waals surface area contributed by atoms with Crippen molar-refractivity contribution in [3.05, 3.63) is 44.2 Å². The fourth-order valence-electron chi connectivity index (χ4n) is 2.32. The van der Waals surface area contributed by atoms with E-state index in [0.29, 0.717) is 14.9 Å². The summed E-state index contributed by atoms with van der Waals surface area (Å²) in [6, 6.07) is 6.86. The minimum atomic E-state index is -1.96. The zero-order valence-electron chi connectivity index (χ0n) is 14.7. The molecule has 0 saturated carbocycles. The third-order valence-electron chi connectivity index (χ3n) is 3.81. The van der Waals surface area contributed by atoms with Crippen LogP contribution in [0.25, 0.3) is 0 Å². The highest BCUT2D eigenvalue weighted by atomic mass is 79.9. The molecular formula is C17H19BrClO4PS2. The topological polar surface area (TPSA) is 52.6 Å². The van der Waals surface area contributed by atoms with E-state index in [0.717, 1.165) is 0 Å². The lowest BCUT2D eigenvalue weighted by Gasteiger charge is -2.30. The monoisotopic (exact) mass is 496 g/mol. The van der Waals surface area contributed by atoms with Crippen molar-refractivity contribution in [2.75, 3.05) is 0 Å². The Morgan fingerprint density at radius 1 is 1.31 bits per heavy atom. The summed E-state index contributed by atoms with van der Waals surface area (Å²) in [6.07, 6.45) is -1.17. The first-order chi connectivity index (χ1) is 12.1. The molecule has 1 aliphatic heterocycles. The Bertz CT molecular complexity index is 798. The summed E-state index contributed by atoms with van der Waals surface area (Å²) in [7, 11) is 0. The molecule has 9 heteroatoms. The number of carbonyl (C=O) groups is 2. The van der Waals surface area contributed by atoms with E-state index in [4.69, 9.17) is 32.9 Å². The van der Waals surface area contributed by atoms with Crippen LogP contribution in [-0.2, 0) is 26.1 Å². The van der Waals surface area contributed by atoms with E-state index in [2.05, 4.69) is 43.6 Å². The molecule has 142 valence electrons. The summed E-state index contributed by atoms with van der Waals surface area (Å²) in [5, 5.41) is -2.02. The maximum Gasteiger partial charge on any atom is 0.354 e. The normalized spacial score (nSPS) is 17.8. The molecule has 1 unspecified atom stereocenters. The van der Waals surface area contributed by atoms with Gasteiger partial charge in [0.05, 0.1) is 10.5 Å². The molecule has 0 N–H and O–H groups in total. The maximum atomic E-state index is 12.5.